The lowest BCUT2D eigenvalue weighted by atomic mass is 10.1. The molecule has 0 unspecified atom stereocenters. The van der Waals surface area contributed by atoms with Crippen LogP contribution in [0.3, 0.4) is 0 Å². The maximum Gasteiger partial charge on any atom is 0.269 e. The number of ketones is 1. The topological polar surface area (TPSA) is 60.2 Å². The molecule has 4 heteroatoms. The SMILES string of the molecule is CC(=O)CC/C=C/c1ccc([N+](=O)[O-])cc1. The number of allylic oxidation sites excluding steroid dienone is 1. The van der Waals surface area contributed by atoms with Crippen molar-refractivity contribution < 1.29 is 9.72 Å². The molecule has 0 atom stereocenters. The molecule has 0 fully saturated rings. The zero-order valence-corrected chi connectivity index (χ0v) is 9.05. The van der Waals surface area contributed by atoms with Gasteiger partial charge in [-0.1, -0.05) is 12.2 Å². The monoisotopic (exact) mass is 219 g/mol. The van der Waals surface area contributed by atoms with Crippen LogP contribution in [0, 0.1) is 10.1 Å². The molecule has 0 bridgehead atoms. The number of benzene rings is 1. The number of nitrogens with zero attached hydrogens (tertiary/aromatic N) is 1. The minimum atomic E-state index is -0.427. The number of nitro benzene ring substituents is 1. The molecule has 4 nitrogen and oxygen atoms in total. The molecule has 0 aliphatic carbocycles. The standard InChI is InChI=1S/C12H13NO3/c1-10(14)4-2-3-5-11-6-8-12(9-7-11)13(15)16/h3,5-9H,2,4H2,1H3/b5-3+. The van der Waals surface area contributed by atoms with E-state index in [0.29, 0.717) is 12.8 Å². The van der Waals surface area contributed by atoms with Gasteiger partial charge in [-0.05, 0) is 31.0 Å². The highest BCUT2D eigenvalue weighted by molar-refractivity contribution is 5.75. The number of hydrogen-bond acceptors (Lipinski definition) is 3. The van der Waals surface area contributed by atoms with Crippen LogP contribution in [0.15, 0.2) is 30.3 Å². The van der Waals surface area contributed by atoms with Gasteiger partial charge in [0.25, 0.3) is 5.69 Å². The molecule has 0 saturated heterocycles. The van der Waals surface area contributed by atoms with Crippen molar-refractivity contribution in [2.24, 2.45) is 0 Å². The van der Waals surface area contributed by atoms with Gasteiger partial charge in [-0.3, -0.25) is 10.1 Å². The maximum absolute atomic E-state index is 10.7. The van der Waals surface area contributed by atoms with Gasteiger partial charge in [0, 0.05) is 18.6 Å². The number of Topliss-reactive ketones (excluding diaryl/α,β-unsaturated/α-hetero) is 1. The fourth-order valence-electron chi connectivity index (χ4n) is 1.21. The van der Waals surface area contributed by atoms with E-state index in [-0.39, 0.29) is 11.5 Å². The Morgan fingerprint density at radius 1 is 1.38 bits per heavy atom. The van der Waals surface area contributed by atoms with E-state index >= 15 is 0 Å². The molecule has 0 saturated carbocycles. The molecule has 0 aromatic heterocycles. The van der Waals surface area contributed by atoms with Crippen LogP contribution >= 0.6 is 0 Å². The summed E-state index contributed by atoms with van der Waals surface area (Å²) in [7, 11) is 0. The van der Waals surface area contributed by atoms with Crippen LogP contribution in [0.1, 0.15) is 25.3 Å². The molecule has 0 aliphatic heterocycles. The minimum Gasteiger partial charge on any atom is -0.300 e. The smallest absolute Gasteiger partial charge is 0.269 e. The zero-order chi connectivity index (χ0) is 12.0. The van der Waals surface area contributed by atoms with E-state index in [1.54, 1.807) is 19.1 Å². The predicted octanol–water partition coefficient (Wildman–Crippen LogP) is 2.98. The Balaban J connectivity index is 2.55. The molecule has 0 heterocycles. The van der Waals surface area contributed by atoms with Crippen LogP contribution in [0.25, 0.3) is 6.08 Å². The van der Waals surface area contributed by atoms with Crippen molar-refractivity contribution in [3.05, 3.63) is 46.0 Å². The van der Waals surface area contributed by atoms with Crippen LogP contribution < -0.4 is 0 Å². The van der Waals surface area contributed by atoms with Crippen molar-refractivity contribution in [3.8, 4) is 0 Å². The third kappa shape index (κ3) is 4.04. The highest BCUT2D eigenvalue weighted by atomic mass is 16.6. The van der Waals surface area contributed by atoms with Crippen molar-refractivity contribution in [1.29, 1.82) is 0 Å². The van der Waals surface area contributed by atoms with E-state index in [0.717, 1.165) is 5.56 Å². The zero-order valence-electron chi connectivity index (χ0n) is 9.05. The molecule has 1 aromatic rings. The van der Waals surface area contributed by atoms with Crippen LogP contribution in [0.4, 0.5) is 5.69 Å². The molecule has 0 spiro atoms. The van der Waals surface area contributed by atoms with E-state index in [1.165, 1.54) is 12.1 Å². The molecule has 1 aromatic carbocycles. The largest absolute Gasteiger partial charge is 0.300 e. The Morgan fingerprint density at radius 2 is 2.00 bits per heavy atom. The van der Waals surface area contributed by atoms with Crippen molar-refractivity contribution >= 4 is 17.5 Å². The number of nitro groups is 1. The Morgan fingerprint density at radius 3 is 2.50 bits per heavy atom. The Bertz CT molecular complexity index is 407. The Labute approximate surface area is 93.7 Å². The summed E-state index contributed by atoms with van der Waals surface area (Å²) in [6, 6.07) is 6.29. The molecule has 1 rings (SSSR count). The van der Waals surface area contributed by atoms with Gasteiger partial charge in [0.2, 0.25) is 0 Å². The van der Waals surface area contributed by atoms with Gasteiger partial charge in [-0.15, -0.1) is 0 Å². The van der Waals surface area contributed by atoms with E-state index in [9.17, 15) is 14.9 Å². The average Bonchev–Trinajstić information content (AvgIpc) is 2.25. The first-order valence-corrected chi connectivity index (χ1v) is 5.00. The van der Waals surface area contributed by atoms with E-state index in [4.69, 9.17) is 0 Å². The van der Waals surface area contributed by atoms with Crippen molar-refractivity contribution in [2.45, 2.75) is 19.8 Å². The number of rotatable bonds is 5. The van der Waals surface area contributed by atoms with Crippen molar-refractivity contribution in [1.82, 2.24) is 0 Å². The fraction of sp³-hybridized carbons (Fsp3) is 0.250. The second-order valence-corrected chi connectivity index (χ2v) is 3.49. The first kappa shape index (κ1) is 12.1. The molecule has 0 N–H and O–H groups in total. The first-order valence-electron chi connectivity index (χ1n) is 5.00. The molecule has 0 amide bonds. The highest BCUT2D eigenvalue weighted by Crippen LogP contribution is 2.13. The summed E-state index contributed by atoms with van der Waals surface area (Å²) in [6.45, 7) is 1.56. The molecular weight excluding hydrogens is 206 g/mol. The summed E-state index contributed by atoms with van der Waals surface area (Å²) in [6.07, 6.45) is 4.98. The molecular formula is C12H13NO3. The number of carbonyl (C=O) groups is 1. The fourth-order valence-corrected chi connectivity index (χ4v) is 1.21. The highest BCUT2D eigenvalue weighted by Gasteiger charge is 2.01. The maximum atomic E-state index is 10.7. The second-order valence-electron chi connectivity index (χ2n) is 3.49. The van der Waals surface area contributed by atoms with E-state index in [2.05, 4.69) is 0 Å². The molecule has 0 radical (unpaired) electrons. The Kier molecular flexibility index (Phi) is 4.39. The lowest BCUT2D eigenvalue weighted by molar-refractivity contribution is -0.384. The average molecular weight is 219 g/mol. The van der Waals surface area contributed by atoms with Crippen LogP contribution in [-0.4, -0.2) is 10.7 Å². The van der Waals surface area contributed by atoms with Gasteiger partial charge in [0.15, 0.2) is 0 Å². The summed E-state index contributed by atoms with van der Waals surface area (Å²) >= 11 is 0. The summed E-state index contributed by atoms with van der Waals surface area (Å²) in [4.78, 5) is 20.6. The third-order valence-corrected chi connectivity index (χ3v) is 2.08. The van der Waals surface area contributed by atoms with E-state index in [1.807, 2.05) is 12.2 Å². The predicted molar refractivity (Wildman–Crippen MR) is 62.0 cm³/mol. The summed E-state index contributed by atoms with van der Waals surface area (Å²) in [5, 5.41) is 10.4. The first-order chi connectivity index (χ1) is 7.59. The lowest BCUT2D eigenvalue weighted by Crippen LogP contribution is -1.87. The normalized spacial score (nSPS) is 10.6. The number of carbonyl (C=O) groups excluding carboxylic acids is 1. The van der Waals surface area contributed by atoms with Gasteiger partial charge in [-0.2, -0.15) is 0 Å². The molecule has 84 valence electrons. The summed E-state index contributed by atoms with van der Waals surface area (Å²) in [5.41, 5.74) is 0.982. The van der Waals surface area contributed by atoms with Crippen molar-refractivity contribution in [3.63, 3.8) is 0 Å². The van der Waals surface area contributed by atoms with Crippen LogP contribution in [0.2, 0.25) is 0 Å². The van der Waals surface area contributed by atoms with Crippen molar-refractivity contribution in [2.75, 3.05) is 0 Å². The van der Waals surface area contributed by atoms with Gasteiger partial charge >= 0.3 is 0 Å². The lowest BCUT2D eigenvalue weighted by Gasteiger charge is -1.93. The third-order valence-electron chi connectivity index (χ3n) is 2.08. The van der Waals surface area contributed by atoms with Gasteiger partial charge < -0.3 is 4.79 Å². The minimum absolute atomic E-state index is 0.0842. The number of hydrogen-bond donors (Lipinski definition) is 0. The molecule has 0 aliphatic rings. The summed E-state index contributed by atoms with van der Waals surface area (Å²) in [5.74, 6) is 0.161. The van der Waals surface area contributed by atoms with Gasteiger partial charge in [0.1, 0.15) is 5.78 Å². The second kappa shape index (κ2) is 5.80. The Hall–Kier alpha value is -1.97. The van der Waals surface area contributed by atoms with Crippen LogP contribution in [-0.2, 0) is 4.79 Å². The number of non-ortho nitro benzene ring substituents is 1. The van der Waals surface area contributed by atoms with Gasteiger partial charge in [-0.25, -0.2) is 0 Å². The van der Waals surface area contributed by atoms with Gasteiger partial charge in [0.05, 0.1) is 4.92 Å². The molecule has 16 heavy (non-hydrogen) atoms. The van der Waals surface area contributed by atoms with Crippen LogP contribution in [0.5, 0.6) is 0 Å². The van der Waals surface area contributed by atoms with E-state index < -0.39 is 4.92 Å². The summed E-state index contributed by atoms with van der Waals surface area (Å²) < 4.78 is 0. The quantitative estimate of drug-likeness (QED) is 0.565.